The van der Waals surface area contributed by atoms with Gasteiger partial charge in [0.15, 0.2) is 0 Å². The Hall–Kier alpha value is -1.02. The fourth-order valence-electron chi connectivity index (χ4n) is 9.86. The van der Waals surface area contributed by atoms with Crippen LogP contribution in [0.25, 0.3) is 0 Å². The van der Waals surface area contributed by atoms with E-state index in [4.69, 9.17) is 0 Å². The van der Waals surface area contributed by atoms with Gasteiger partial charge in [-0.15, -0.1) is 0 Å². The Kier molecular flexibility index (Phi) is 7.02. The molecule has 32 heavy (non-hydrogen) atoms. The van der Waals surface area contributed by atoms with Gasteiger partial charge in [-0.3, -0.25) is 0 Å². The van der Waals surface area contributed by atoms with Gasteiger partial charge in [0.05, 0.1) is 12.1 Å². The summed E-state index contributed by atoms with van der Waals surface area (Å²) in [5.41, 5.74) is 1.03. The van der Waals surface area contributed by atoms with Gasteiger partial charge in [-0.2, -0.15) is 10.5 Å². The monoisotopic (exact) mass is 436 g/mol. The van der Waals surface area contributed by atoms with E-state index in [0.717, 1.165) is 54.3 Å². The van der Waals surface area contributed by atoms with Crippen LogP contribution in [-0.2, 0) is 0 Å². The van der Waals surface area contributed by atoms with Crippen molar-refractivity contribution in [2.24, 2.45) is 64.1 Å². The second kappa shape index (κ2) is 9.32. The fraction of sp³-hybridized carbons (Fsp3) is 0.933. The van der Waals surface area contributed by atoms with Gasteiger partial charge in [-0.05, 0) is 116 Å². The molecule has 4 rings (SSSR count). The highest BCUT2D eigenvalue weighted by Gasteiger charge is 2.60. The lowest BCUT2D eigenvalue weighted by Crippen LogP contribution is -2.54. The van der Waals surface area contributed by atoms with E-state index in [1.807, 2.05) is 0 Å². The van der Waals surface area contributed by atoms with Crippen LogP contribution in [0.5, 0.6) is 0 Å². The van der Waals surface area contributed by atoms with E-state index in [2.05, 4.69) is 46.8 Å². The van der Waals surface area contributed by atoms with Gasteiger partial charge < -0.3 is 0 Å². The third kappa shape index (κ3) is 4.04. The minimum atomic E-state index is -0.389. The molecule has 4 fully saturated rings. The van der Waals surface area contributed by atoms with E-state index in [0.29, 0.717) is 16.7 Å². The van der Waals surface area contributed by atoms with Crippen LogP contribution < -0.4 is 0 Å². The third-order valence-electron chi connectivity index (χ3n) is 11.7. The minimum Gasteiger partial charge on any atom is -0.197 e. The Labute approximate surface area is 198 Å². The molecule has 4 aliphatic carbocycles. The topological polar surface area (TPSA) is 47.6 Å². The molecule has 4 aliphatic rings. The molecule has 2 heteroatoms. The Bertz CT molecular complexity index is 729. The van der Waals surface area contributed by atoms with E-state index in [1.54, 1.807) is 0 Å². The van der Waals surface area contributed by atoms with Gasteiger partial charge >= 0.3 is 0 Å². The summed E-state index contributed by atoms with van der Waals surface area (Å²) in [7, 11) is 0. The highest BCUT2D eigenvalue weighted by molar-refractivity contribution is 5.11. The summed E-state index contributed by atoms with van der Waals surface area (Å²) in [4.78, 5) is 0. The molecule has 0 bridgehead atoms. The molecule has 0 heterocycles. The van der Waals surface area contributed by atoms with Gasteiger partial charge in [0.1, 0.15) is 5.92 Å². The molecule has 0 aliphatic heterocycles. The number of hydrogen-bond acceptors (Lipinski definition) is 2. The van der Waals surface area contributed by atoms with Gasteiger partial charge in [-0.1, -0.05) is 53.9 Å². The maximum atomic E-state index is 9.44. The summed E-state index contributed by atoms with van der Waals surface area (Å²) in [6.07, 6.45) is 16.3. The molecule has 0 aromatic carbocycles. The molecule has 0 spiro atoms. The van der Waals surface area contributed by atoms with Crippen LogP contribution in [0.15, 0.2) is 0 Å². The Morgan fingerprint density at radius 2 is 1.50 bits per heavy atom. The van der Waals surface area contributed by atoms with Crippen LogP contribution in [0.2, 0.25) is 0 Å². The number of rotatable bonds is 6. The normalized spacial score (nSPS) is 44.3. The van der Waals surface area contributed by atoms with Crippen LogP contribution in [0.1, 0.15) is 112 Å². The second-order valence-electron chi connectivity index (χ2n) is 13.5. The van der Waals surface area contributed by atoms with E-state index >= 15 is 0 Å². The molecule has 2 nitrogen and oxygen atoms in total. The first-order valence-electron chi connectivity index (χ1n) is 14.0. The number of nitriles is 2. The van der Waals surface area contributed by atoms with Crippen molar-refractivity contribution in [3.63, 3.8) is 0 Å². The molecule has 4 saturated carbocycles. The summed E-state index contributed by atoms with van der Waals surface area (Å²) in [5.74, 6) is 6.09. The lowest BCUT2D eigenvalue weighted by molar-refractivity contribution is -0.122. The third-order valence-corrected chi connectivity index (χ3v) is 11.7. The standard InChI is InChI=1S/C30H48N2/c1-20(2)7-6-8-21(3)26-11-12-27-25-10-9-24-17-22(23(18-31)19-32)13-15-29(24,4)28(25)14-16-30(26,27)5/h20-28H,6-17H2,1-5H3/t21-,22-,24-,25+,26+,27-,28+,29-,30+/m0/s1. The van der Waals surface area contributed by atoms with Gasteiger partial charge in [0.25, 0.3) is 0 Å². The number of fused-ring (bicyclic) bond motifs is 5. The highest BCUT2D eigenvalue weighted by Crippen LogP contribution is 2.68. The van der Waals surface area contributed by atoms with Crippen molar-refractivity contribution in [1.82, 2.24) is 0 Å². The van der Waals surface area contributed by atoms with Crippen LogP contribution in [-0.4, -0.2) is 0 Å². The van der Waals surface area contributed by atoms with Crippen LogP contribution in [0.3, 0.4) is 0 Å². The molecule has 0 amide bonds. The van der Waals surface area contributed by atoms with Crippen molar-refractivity contribution in [2.75, 3.05) is 0 Å². The van der Waals surface area contributed by atoms with Crippen LogP contribution in [0, 0.1) is 86.8 Å². The largest absolute Gasteiger partial charge is 0.197 e. The van der Waals surface area contributed by atoms with Crippen molar-refractivity contribution in [3.05, 3.63) is 0 Å². The molecular formula is C30H48N2. The molecule has 0 aromatic rings. The summed E-state index contributed by atoms with van der Waals surface area (Å²) in [6.45, 7) is 12.6. The van der Waals surface area contributed by atoms with Gasteiger partial charge in [0.2, 0.25) is 0 Å². The average molecular weight is 437 g/mol. The maximum absolute atomic E-state index is 9.44. The van der Waals surface area contributed by atoms with Crippen molar-refractivity contribution < 1.29 is 0 Å². The molecular weight excluding hydrogens is 388 g/mol. The number of nitrogens with zero attached hydrogens (tertiary/aromatic N) is 2. The fourth-order valence-corrected chi connectivity index (χ4v) is 9.86. The highest BCUT2D eigenvalue weighted by atomic mass is 14.7. The zero-order valence-electron chi connectivity index (χ0n) is 21.6. The first kappa shape index (κ1) is 24.1. The van der Waals surface area contributed by atoms with Crippen LogP contribution in [0.4, 0.5) is 0 Å². The molecule has 0 N–H and O–H groups in total. The summed E-state index contributed by atoms with van der Waals surface area (Å²) in [6, 6.07) is 4.59. The predicted octanol–water partition coefficient (Wildman–Crippen LogP) is 8.39. The summed E-state index contributed by atoms with van der Waals surface area (Å²) >= 11 is 0. The Morgan fingerprint density at radius 1 is 0.812 bits per heavy atom. The Balaban J connectivity index is 1.45. The van der Waals surface area contributed by atoms with E-state index in [9.17, 15) is 10.5 Å². The molecule has 0 aromatic heterocycles. The lowest BCUT2D eigenvalue weighted by Gasteiger charge is -2.61. The molecule has 178 valence electrons. The van der Waals surface area contributed by atoms with Crippen molar-refractivity contribution >= 4 is 0 Å². The van der Waals surface area contributed by atoms with Crippen molar-refractivity contribution in [3.8, 4) is 12.1 Å². The van der Waals surface area contributed by atoms with Crippen LogP contribution >= 0.6 is 0 Å². The molecule has 0 unspecified atom stereocenters. The smallest absolute Gasteiger partial charge is 0.136 e. The molecule has 9 atom stereocenters. The molecule has 0 saturated heterocycles. The average Bonchev–Trinajstić information content (AvgIpc) is 3.11. The second-order valence-corrected chi connectivity index (χ2v) is 13.5. The van der Waals surface area contributed by atoms with E-state index < -0.39 is 0 Å². The SMILES string of the molecule is CC(C)CCC[C@H](C)[C@H]1CC[C@H]2[C@H]3CC[C@H]4C[C@@H](C(C#N)C#N)CC[C@]4(C)[C@@H]3CC[C@]12C. The first-order valence-corrected chi connectivity index (χ1v) is 14.0. The van der Waals surface area contributed by atoms with E-state index in [1.165, 1.54) is 64.2 Å². The zero-order valence-corrected chi connectivity index (χ0v) is 21.6. The maximum Gasteiger partial charge on any atom is 0.136 e. The predicted molar refractivity (Wildman–Crippen MR) is 131 cm³/mol. The zero-order chi connectivity index (χ0) is 23.1. The first-order chi connectivity index (χ1) is 15.2. The Morgan fingerprint density at radius 3 is 2.19 bits per heavy atom. The van der Waals surface area contributed by atoms with Crippen molar-refractivity contribution in [1.29, 1.82) is 10.5 Å². The summed E-state index contributed by atoms with van der Waals surface area (Å²) < 4.78 is 0. The van der Waals surface area contributed by atoms with E-state index in [-0.39, 0.29) is 5.92 Å². The van der Waals surface area contributed by atoms with Gasteiger partial charge in [-0.25, -0.2) is 0 Å². The molecule has 0 radical (unpaired) electrons. The van der Waals surface area contributed by atoms with Crippen molar-refractivity contribution in [2.45, 2.75) is 112 Å². The minimum absolute atomic E-state index is 0.316. The summed E-state index contributed by atoms with van der Waals surface area (Å²) in [5, 5.41) is 18.9. The lowest BCUT2D eigenvalue weighted by atomic mass is 9.43. The number of hydrogen-bond donors (Lipinski definition) is 0. The quantitative estimate of drug-likeness (QED) is 0.419. The van der Waals surface area contributed by atoms with Gasteiger partial charge in [0, 0.05) is 0 Å².